The lowest BCUT2D eigenvalue weighted by Crippen LogP contribution is -2.23. The number of sulfonamides is 1. The molecule has 0 radical (unpaired) electrons. The SMILES string of the molecule is COc1ncc(-c2cccc([S+](=O)(O)Nc3ccncc3S(N)(=O)=O)c2)cc1Cl. The van der Waals surface area contributed by atoms with Gasteiger partial charge >= 0.3 is 10.4 Å². The van der Waals surface area contributed by atoms with Crippen molar-refractivity contribution in [3.05, 3.63) is 60.0 Å². The molecule has 29 heavy (non-hydrogen) atoms. The Labute approximate surface area is 173 Å². The van der Waals surface area contributed by atoms with Gasteiger partial charge in [0.05, 0.1) is 7.11 Å². The summed E-state index contributed by atoms with van der Waals surface area (Å²) in [7, 11) is -6.58. The van der Waals surface area contributed by atoms with Crippen LogP contribution in [0.5, 0.6) is 5.88 Å². The van der Waals surface area contributed by atoms with Crippen LogP contribution in [0.1, 0.15) is 0 Å². The molecule has 2 heterocycles. The van der Waals surface area contributed by atoms with E-state index in [2.05, 4.69) is 14.7 Å². The number of ether oxygens (including phenoxy) is 1. The largest absolute Gasteiger partial charge is 0.480 e. The summed E-state index contributed by atoms with van der Waals surface area (Å²) < 4.78 is 54.2. The molecule has 0 aliphatic heterocycles. The molecule has 1 atom stereocenters. The van der Waals surface area contributed by atoms with Gasteiger partial charge in [-0.25, -0.2) is 18.5 Å². The Morgan fingerprint density at radius 1 is 1.21 bits per heavy atom. The summed E-state index contributed by atoms with van der Waals surface area (Å²) in [5.41, 5.74) is 1.03. The second-order valence-electron chi connectivity index (χ2n) is 5.79. The van der Waals surface area contributed by atoms with Crippen LogP contribution in [0.3, 0.4) is 0 Å². The normalized spacial score (nSPS) is 13.5. The van der Waals surface area contributed by atoms with Crippen molar-refractivity contribution in [3.8, 4) is 17.0 Å². The second kappa shape index (κ2) is 8.05. The van der Waals surface area contributed by atoms with E-state index in [1.807, 2.05) is 0 Å². The Morgan fingerprint density at radius 3 is 2.62 bits per heavy atom. The highest BCUT2D eigenvalue weighted by molar-refractivity contribution is 7.99. The van der Waals surface area contributed by atoms with Crippen molar-refractivity contribution in [1.82, 2.24) is 9.97 Å². The average molecular weight is 456 g/mol. The van der Waals surface area contributed by atoms with Crippen LogP contribution in [-0.4, -0.2) is 30.0 Å². The van der Waals surface area contributed by atoms with Crippen LogP contribution in [0.25, 0.3) is 11.1 Å². The highest BCUT2D eigenvalue weighted by Gasteiger charge is 2.32. The van der Waals surface area contributed by atoms with Crippen LogP contribution in [0.4, 0.5) is 5.69 Å². The predicted molar refractivity (Wildman–Crippen MR) is 109 cm³/mol. The van der Waals surface area contributed by atoms with E-state index in [0.717, 1.165) is 6.20 Å². The lowest BCUT2D eigenvalue weighted by atomic mass is 10.1. The molecule has 9 nitrogen and oxygen atoms in total. The zero-order valence-electron chi connectivity index (χ0n) is 14.9. The molecule has 0 aliphatic carbocycles. The smallest absolute Gasteiger partial charge is 0.346 e. The highest BCUT2D eigenvalue weighted by atomic mass is 35.5. The fourth-order valence-electron chi connectivity index (χ4n) is 2.48. The van der Waals surface area contributed by atoms with Gasteiger partial charge in [-0.2, -0.15) is 9.27 Å². The number of nitrogens with two attached hydrogens (primary N) is 1. The number of primary sulfonamides is 1. The summed E-state index contributed by atoms with van der Waals surface area (Å²) in [6.07, 6.45) is 3.78. The van der Waals surface area contributed by atoms with Crippen LogP contribution >= 0.6 is 11.6 Å². The quantitative estimate of drug-likeness (QED) is 0.484. The van der Waals surface area contributed by atoms with Crippen LogP contribution in [0.15, 0.2) is 64.8 Å². The number of pyridine rings is 2. The molecule has 3 aromatic rings. The number of hydrogen-bond acceptors (Lipinski definition) is 6. The van der Waals surface area contributed by atoms with Gasteiger partial charge in [-0.15, -0.1) is 0 Å². The Hall–Kier alpha value is -2.57. The van der Waals surface area contributed by atoms with E-state index in [0.29, 0.717) is 11.1 Å². The zero-order valence-corrected chi connectivity index (χ0v) is 17.3. The van der Waals surface area contributed by atoms with Gasteiger partial charge in [0, 0.05) is 30.2 Å². The van der Waals surface area contributed by atoms with Crippen LogP contribution in [-0.2, 0) is 24.6 Å². The molecule has 1 unspecified atom stereocenters. The summed E-state index contributed by atoms with van der Waals surface area (Å²) in [6, 6.07) is 9.03. The molecule has 2 aromatic heterocycles. The summed E-state index contributed by atoms with van der Waals surface area (Å²) in [5.74, 6) is 0.257. The monoisotopic (exact) mass is 455 g/mol. The lowest BCUT2D eigenvalue weighted by molar-refractivity contribution is 0.398. The van der Waals surface area contributed by atoms with Crippen molar-refractivity contribution < 1.29 is 21.9 Å². The summed E-state index contributed by atoms with van der Waals surface area (Å²) in [6.45, 7) is 0. The molecule has 0 aliphatic rings. The Morgan fingerprint density at radius 2 is 1.97 bits per heavy atom. The molecule has 4 N–H and O–H groups in total. The average Bonchev–Trinajstić information content (AvgIpc) is 2.67. The molecule has 0 bridgehead atoms. The van der Waals surface area contributed by atoms with Gasteiger partial charge in [0.2, 0.25) is 20.8 Å². The third kappa shape index (κ3) is 4.71. The summed E-state index contributed by atoms with van der Waals surface area (Å²) in [4.78, 5) is 7.38. The molecule has 0 saturated carbocycles. The number of hydrogen-bond donors (Lipinski definition) is 3. The van der Waals surface area contributed by atoms with Gasteiger partial charge in [-0.1, -0.05) is 23.7 Å². The van der Waals surface area contributed by atoms with E-state index in [4.69, 9.17) is 21.5 Å². The van der Waals surface area contributed by atoms with Crippen molar-refractivity contribution in [2.45, 2.75) is 9.79 Å². The minimum absolute atomic E-state index is 0.0131. The van der Waals surface area contributed by atoms with Gasteiger partial charge in [0.15, 0.2) is 0 Å². The van der Waals surface area contributed by atoms with Crippen LogP contribution < -0.4 is 14.6 Å². The Kier molecular flexibility index (Phi) is 5.87. The number of rotatable bonds is 6. The van der Waals surface area contributed by atoms with Crippen molar-refractivity contribution in [3.63, 3.8) is 0 Å². The molecular formula is C17H16ClN4O5S2+. The van der Waals surface area contributed by atoms with Gasteiger partial charge < -0.3 is 4.74 Å². The minimum atomic E-state index is -4.15. The van der Waals surface area contributed by atoms with E-state index in [1.54, 1.807) is 18.2 Å². The van der Waals surface area contributed by atoms with Gasteiger partial charge in [0.1, 0.15) is 15.6 Å². The summed E-state index contributed by atoms with van der Waals surface area (Å²) >= 11 is 6.10. The lowest BCUT2D eigenvalue weighted by Gasteiger charge is -2.11. The number of benzene rings is 1. The summed E-state index contributed by atoms with van der Waals surface area (Å²) in [5, 5.41) is 5.43. The molecule has 0 saturated heterocycles. The standard InChI is InChI=1S/C17H15ClN4O5S2/c1-27-17-14(18)8-12(9-21-17)11-3-2-4-13(7-11)29(25,26)22-15-5-6-20-10-16(15)28(19,23)24/h2-10H,1H3,(H3-,19,20,22,23,24,25,26)/p+1. The van der Waals surface area contributed by atoms with Crippen molar-refractivity contribution in [1.29, 1.82) is 0 Å². The van der Waals surface area contributed by atoms with Crippen LogP contribution in [0.2, 0.25) is 5.02 Å². The number of aromatic nitrogens is 2. The van der Waals surface area contributed by atoms with Gasteiger partial charge in [-0.3, -0.25) is 4.98 Å². The number of nitrogens with one attached hydrogen (secondary N) is 1. The van der Waals surface area contributed by atoms with E-state index in [1.165, 1.54) is 37.7 Å². The first-order valence-corrected chi connectivity index (χ1v) is 11.4. The number of methoxy groups -OCH3 is 1. The molecular weight excluding hydrogens is 440 g/mol. The van der Waals surface area contributed by atoms with Crippen LogP contribution in [0, 0.1) is 0 Å². The van der Waals surface area contributed by atoms with Crippen molar-refractivity contribution >= 4 is 37.7 Å². The zero-order chi connectivity index (χ0) is 21.2. The number of halogens is 1. The van der Waals surface area contributed by atoms with E-state index in [9.17, 15) is 17.2 Å². The van der Waals surface area contributed by atoms with Crippen molar-refractivity contribution in [2.24, 2.45) is 5.14 Å². The molecule has 0 spiro atoms. The maximum Gasteiger partial charge on any atom is 0.346 e. The van der Waals surface area contributed by atoms with E-state index in [-0.39, 0.29) is 21.5 Å². The maximum absolute atomic E-state index is 12.9. The highest BCUT2D eigenvalue weighted by Crippen LogP contribution is 2.31. The molecule has 12 heteroatoms. The predicted octanol–water partition coefficient (Wildman–Crippen LogP) is 2.81. The second-order valence-corrected chi connectivity index (χ2v) is 9.45. The van der Waals surface area contributed by atoms with E-state index >= 15 is 0 Å². The minimum Gasteiger partial charge on any atom is -0.480 e. The Bertz CT molecular complexity index is 1220. The molecule has 0 amide bonds. The number of anilines is 1. The molecule has 152 valence electrons. The molecule has 3 rings (SSSR count). The Balaban J connectivity index is 1.98. The van der Waals surface area contributed by atoms with Gasteiger partial charge in [0.25, 0.3) is 0 Å². The van der Waals surface area contributed by atoms with Gasteiger partial charge in [-0.05, 0) is 28.0 Å². The topological polar surface area (TPSA) is 144 Å². The van der Waals surface area contributed by atoms with Crippen molar-refractivity contribution in [2.75, 3.05) is 11.8 Å². The fraction of sp³-hybridized carbons (Fsp3) is 0.0588. The first kappa shape index (κ1) is 21.1. The number of nitrogens with zero attached hydrogens (tertiary/aromatic N) is 2. The maximum atomic E-state index is 12.9. The first-order chi connectivity index (χ1) is 13.6. The molecule has 1 aromatic carbocycles. The third-order valence-electron chi connectivity index (χ3n) is 3.83. The van der Waals surface area contributed by atoms with E-state index < -0.39 is 25.3 Å². The fourth-order valence-corrected chi connectivity index (χ4v) is 4.57. The first-order valence-electron chi connectivity index (χ1n) is 7.93. The third-order valence-corrected chi connectivity index (χ3v) is 6.43. The molecule has 0 fully saturated rings.